The number of hydrogen-bond donors (Lipinski definition) is 2. The summed E-state index contributed by atoms with van der Waals surface area (Å²) in [5.41, 5.74) is 0.475. The van der Waals surface area contributed by atoms with Gasteiger partial charge in [-0.3, -0.25) is 4.79 Å². The van der Waals surface area contributed by atoms with Crippen molar-refractivity contribution in [2.45, 2.75) is 24.7 Å². The normalized spacial score (nSPS) is 18.5. The molecule has 1 fully saturated rings. The first-order chi connectivity index (χ1) is 10.8. The van der Waals surface area contributed by atoms with Gasteiger partial charge >= 0.3 is 12.0 Å². The summed E-state index contributed by atoms with van der Waals surface area (Å²) in [5.74, 6) is -1.41. The minimum atomic E-state index is -3.27. The second kappa shape index (κ2) is 6.99. The third kappa shape index (κ3) is 4.22. The molecule has 1 aromatic carbocycles. The molecule has 0 spiro atoms. The van der Waals surface area contributed by atoms with Gasteiger partial charge in [-0.2, -0.15) is 0 Å². The average Bonchev–Trinajstić information content (AvgIpc) is 2.55. The summed E-state index contributed by atoms with van der Waals surface area (Å²) in [6.45, 7) is 2.27. The molecule has 1 aliphatic heterocycles. The second-order valence-corrected chi connectivity index (χ2v) is 7.76. The van der Waals surface area contributed by atoms with Crippen LogP contribution in [0.4, 0.5) is 10.5 Å². The Morgan fingerprint density at radius 2 is 1.96 bits per heavy atom. The highest BCUT2D eigenvalue weighted by molar-refractivity contribution is 7.91. The molecular weight excluding hydrogens is 320 g/mol. The van der Waals surface area contributed by atoms with Crippen molar-refractivity contribution in [3.05, 3.63) is 24.3 Å². The fourth-order valence-corrected chi connectivity index (χ4v) is 3.36. The van der Waals surface area contributed by atoms with Crippen LogP contribution in [0.2, 0.25) is 0 Å². The Morgan fingerprint density at radius 3 is 2.52 bits per heavy atom. The lowest BCUT2D eigenvalue weighted by Crippen LogP contribution is -2.44. The number of aliphatic carboxylic acids is 1. The smallest absolute Gasteiger partial charge is 0.321 e. The number of amides is 2. The molecule has 126 valence electrons. The zero-order chi connectivity index (χ0) is 17.0. The Kier molecular flexibility index (Phi) is 5.25. The summed E-state index contributed by atoms with van der Waals surface area (Å²) in [7, 11) is -3.27. The van der Waals surface area contributed by atoms with Crippen LogP contribution in [0.3, 0.4) is 0 Å². The van der Waals surface area contributed by atoms with Gasteiger partial charge in [0.05, 0.1) is 16.6 Å². The van der Waals surface area contributed by atoms with Crippen molar-refractivity contribution < 1.29 is 23.1 Å². The molecule has 1 atom stereocenters. The number of carbonyl (C=O) groups is 2. The van der Waals surface area contributed by atoms with Gasteiger partial charge in [-0.05, 0) is 37.1 Å². The highest BCUT2D eigenvalue weighted by atomic mass is 32.2. The van der Waals surface area contributed by atoms with Gasteiger partial charge in [0.2, 0.25) is 0 Å². The van der Waals surface area contributed by atoms with Gasteiger partial charge in [0.1, 0.15) is 0 Å². The average molecular weight is 340 g/mol. The first-order valence-electron chi connectivity index (χ1n) is 7.45. The van der Waals surface area contributed by atoms with Crippen molar-refractivity contribution in [3.8, 4) is 0 Å². The number of benzene rings is 1. The second-order valence-electron chi connectivity index (χ2n) is 5.48. The van der Waals surface area contributed by atoms with E-state index in [1.54, 1.807) is 6.92 Å². The van der Waals surface area contributed by atoms with Crippen molar-refractivity contribution >= 4 is 27.5 Å². The highest BCUT2D eigenvalue weighted by Gasteiger charge is 2.28. The van der Waals surface area contributed by atoms with Crippen LogP contribution in [0.15, 0.2) is 29.2 Å². The largest absolute Gasteiger partial charge is 0.481 e. The molecule has 7 nitrogen and oxygen atoms in total. The number of carboxylic acids is 1. The summed E-state index contributed by atoms with van der Waals surface area (Å²) >= 11 is 0. The quantitative estimate of drug-likeness (QED) is 0.870. The molecule has 2 rings (SSSR count). The van der Waals surface area contributed by atoms with E-state index >= 15 is 0 Å². The molecule has 2 amide bonds. The molecular formula is C15H20N2O5S. The third-order valence-corrected chi connectivity index (χ3v) is 5.65. The van der Waals surface area contributed by atoms with Crippen LogP contribution in [0.1, 0.15) is 19.8 Å². The molecule has 2 N–H and O–H groups in total. The van der Waals surface area contributed by atoms with Gasteiger partial charge in [-0.15, -0.1) is 0 Å². The molecule has 1 aromatic rings. The molecule has 0 aliphatic carbocycles. The van der Waals surface area contributed by atoms with E-state index in [1.807, 2.05) is 0 Å². The van der Waals surface area contributed by atoms with Gasteiger partial charge in [0.15, 0.2) is 9.84 Å². The monoisotopic (exact) mass is 340 g/mol. The Balaban J connectivity index is 2.01. The molecule has 0 bridgehead atoms. The predicted octanol–water partition coefficient (Wildman–Crippen LogP) is 1.81. The maximum absolute atomic E-state index is 12.2. The van der Waals surface area contributed by atoms with Crippen LogP contribution in [-0.2, 0) is 14.6 Å². The standard InChI is InChI=1S/C15H20N2O5S/c1-2-23(21,22)13-7-5-12(6-8-13)16-15(20)17-9-3-4-11(10-17)14(18)19/h5-8,11H,2-4,9-10H2,1H3,(H,16,20)(H,18,19). The van der Waals surface area contributed by atoms with Crippen LogP contribution in [-0.4, -0.2) is 49.3 Å². The van der Waals surface area contributed by atoms with Gasteiger partial charge in [-0.25, -0.2) is 13.2 Å². The molecule has 1 aliphatic rings. The number of urea groups is 1. The van der Waals surface area contributed by atoms with Crippen LogP contribution in [0.25, 0.3) is 0 Å². The number of carbonyl (C=O) groups excluding carboxylic acids is 1. The van der Waals surface area contributed by atoms with Crippen molar-refractivity contribution in [1.82, 2.24) is 4.90 Å². The van der Waals surface area contributed by atoms with Crippen molar-refractivity contribution in [1.29, 1.82) is 0 Å². The van der Waals surface area contributed by atoms with Crippen LogP contribution < -0.4 is 5.32 Å². The number of sulfone groups is 1. The lowest BCUT2D eigenvalue weighted by molar-refractivity contribution is -0.143. The van der Waals surface area contributed by atoms with E-state index in [2.05, 4.69) is 5.32 Å². The zero-order valence-corrected chi connectivity index (χ0v) is 13.7. The number of nitrogens with zero attached hydrogens (tertiary/aromatic N) is 1. The van der Waals surface area contributed by atoms with E-state index in [1.165, 1.54) is 29.2 Å². The molecule has 0 radical (unpaired) electrons. The molecule has 1 unspecified atom stereocenters. The maximum atomic E-state index is 12.2. The lowest BCUT2D eigenvalue weighted by Gasteiger charge is -2.30. The number of rotatable bonds is 4. The fourth-order valence-electron chi connectivity index (χ4n) is 2.48. The van der Waals surface area contributed by atoms with E-state index in [0.29, 0.717) is 25.1 Å². The molecule has 1 heterocycles. The van der Waals surface area contributed by atoms with E-state index in [9.17, 15) is 18.0 Å². The Labute approximate surface area is 135 Å². The topological polar surface area (TPSA) is 104 Å². The van der Waals surface area contributed by atoms with Crippen LogP contribution >= 0.6 is 0 Å². The van der Waals surface area contributed by atoms with E-state index in [0.717, 1.165) is 0 Å². The molecule has 0 saturated carbocycles. The Bertz CT molecular complexity index is 684. The molecule has 1 saturated heterocycles. The highest BCUT2D eigenvalue weighted by Crippen LogP contribution is 2.19. The van der Waals surface area contributed by atoms with Crippen LogP contribution in [0.5, 0.6) is 0 Å². The number of anilines is 1. The number of hydrogen-bond acceptors (Lipinski definition) is 4. The Morgan fingerprint density at radius 1 is 1.30 bits per heavy atom. The van der Waals surface area contributed by atoms with E-state index < -0.39 is 21.7 Å². The lowest BCUT2D eigenvalue weighted by atomic mass is 9.99. The van der Waals surface area contributed by atoms with Gasteiger partial charge < -0.3 is 15.3 Å². The summed E-state index contributed by atoms with van der Waals surface area (Å²) in [6, 6.07) is 5.58. The fraction of sp³-hybridized carbons (Fsp3) is 0.467. The first-order valence-corrected chi connectivity index (χ1v) is 9.10. The summed E-state index contributed by atoms with van der Waals surface area (Å²) in [5, 5.41) is 11.7. The number of piperidine rings is 1. The molecule has 23 heavy (non-hydrogen) atoms. The van der Waals surface area contributed by atoms with Gasteiger partial charge in [0, 0.05) is 18.8 Å². The SMILES string of the molecule is CCS(=O)(=O)c1ccc(NC(=O)N2CCCC(C(=O)O)C2)cc1. The summed E-state index contributed by atoms with van der Waals surface area (Å²) in [4.78, 5) is 24.9. The molecule has 0 aromatic heterocycles. The van der Waals surface area contributed by atoms with Crippen LogP contribution in [0, 0.1) is 5.92 Å². The number of carboxylic acid groups (broad SMARTS) is 1. The van der Waals surface area contributed by atoms with Crippen molar-refractivity contribution in [2.24, 2.45) is 5.92 Å². The Hall–Kier alpha value is -2.09. The minimum absolute atomic E-state index is 0.0169. The molecule has 8 heteroatoms. The van der Waals surface area contributed by atoms with E-state index in [-0.39, 0.29) is 23.2 Å². The predicted molar refractivity (Wildman–Crippen MR) is 85.1 cm³/mol. The number of likely N-dealkylation sites (tertiary alicyclic amines) is 1. The van der Waals surface area contributed by atoms with E-state index in [4.69, 9.17) is 5.11 Å². The van der Waals surface area contributed by atoms with Crippen molar-refractivity contribution in [3.63, 3.8) is 0 Å². The zero-order valence-electron chi connectivity index (χ0n) is 12.9. The van der Waals surface area contributed by atoms with Crippen molar-refractivity contribution in [2.75, 3.05) is 24.2 Å². The van der Waals surface area contributed by atoms with Gasteiger partial charge in [-0.1, -0.05) is 6.92 Å². The maximum Gasteiger partial charge on any atom is 0.321 e. The number of nitrogens with one attached hydrogen (secondary N) is 1. The summed E-state index contributed by atoms with van der Waals surface area (Å²) < 4.78 is 23.5. The van der Waals surface area contributed by atoms with Gasteiger partial charge in [0.25, 0.3) is 0 Å². The first kappa shape index (κ1) is 17.3. The third-order valence-electron chi connectivity index (χ3n) is 3.90. The summed E-state index contributed by atoms with van der Waals surface area (Å²) in [6.07, 6.45) is 1.22. The minimum Gasteiger partial charge on any atom is -0.481 e.